The molecule has 2 saturated heterocycles. The number of rotatable bonds is 20. The van der Waals surface area contributed by atoms with Gasteiger partial charge in [0, 0.05) is 32.1 Å². The molecule has 306 valence electrons. The molecule has 0 unspecified atom stereocenters. The second-order valence-electron chi connectivity index (χ2n) is 16.3. The third-order valence-electron chi connectivity index (χ3n) is 9.02. The summed E-state index contributed by atoms with van der Waals surface area (Å²) in [7, 11) is 0. The molecular formula is C37H62O16. The summed E-state index contributed by atoms with van der Waals surface area (Å²) in [6.45, 7) is 14.2. The van der Waals surface area contributed by atoms with E-state index in [0.29, 0.717) is 0 Å². The molecule has 2 rings (SSSR count). The highest BCUT2D eigenvalue weighted by atomic mass is 16.8. The van der Waals surface area contributed by atoms with Crippen LogP contribution in [0.2, 0.25) is 0 Å². The highest BCUT2D eigenvalue weighted by Crippen LogP contribution is 2.55. The summed E-state index contributed by atoms with van der Waals surface area (Å²) in [5.74, 6) is -12.0. The van der Waals surface area contributed by atoms with Crippen LogP contribution in [0, 0.1) is 29.6 Å². The molecule has 0 aromatic rings. The molecule has 16 heteroatoms. The number of hydrogen-bond acceptors (Lipinski definition) is 16. The number of ether oxygens (including phenoxy) is 5. The van der Waals surface area contributed by atoms with E-state index in [1.54, 1.807) is 69.2 Å². The Bertz CT molecular complexity index is 1260. The Morgan fingerprint density at radius 3 is 1.51 bits per heavy atom. The number of esters is 2. The maximum absolute atomic E-state index is 15.1. The maximum atomic E-state index is 15.1. The zero-order chi connectivity index (χ0) is 40.8. The van der Waals surface area contributed by atoms with E-state index in [2.05, 4.69) is 0 Å². The fourth-order valence-corrected chi connectivity index (χ4v) is 6.72. The van der Waals surface area contributed by atoms with E-state index in [1.165, 1.54) is 0 Å². The van der Waals surface area contributed by atoms with Gasteiger partial charge in [0.2, 0.25) is 0 Å². The minimum absolute atomic E-state index is 0.386. The summed E-state index contributed by atoms with van der Waals surface area (Å²) in [5, 5.41) is 65.6. The predicted molar refractivity (Wildman–Crippen MR) is 185 cm³/mol. The topological polar surface area (TPSA) is 253 Å². The van der Waals surface area contributed by atoms with Crippen molar-refractivity contribution in [3.8, 4) is 0 Å². The number of aliphatic hydroxyl groups is 6. The summed E-state index contributed by atoms with van der Waals surface area (Å²) in [6, 6.07) is 0. The molecule has 9 atom stereocenters. The van der Waals surface area contributed by atoms with Gasteiger partial charge in [0.25, 0.3) is 17.0 Å². The summed E-state index contributed by atoms with van der Waals surface area (Å²) in [6.07, 6.45) is -17.1. The lowest BCUT2D eigenvalue weighted by Crippen LogP contribution is -2.80. The van der Waals surface area contributed by atoms with Crippen molar-refractivity contribution in [3.63, 3.8) is 0 Å². The Labute approximate surface area is 311 Å². The van der Waals surface area contributed by atoms with Gasteiger partial charge < -0.3 is 54.3 Å². The fourth-order valence-electron chi connectivity index (χ4n) is 6.72. The lowest BCUT2D eigenvalue weighted by atomic mass is 9.67. The molecule has 16 nitrogen and oxygen atoms in total. The summed E-state index contributed by atoms with van der Waals surface area (Å²) >= 11 is 0. The van der Waals surface area contributed by atoms with E-state index in [0.717, 1.165) is 0 Å². The molecule has 6 N–H and O–H groups in total. The average molecular weight is 763 g/mol. The first-order valence-corrected chi connectivity index (χ1v) is 18.5. The third-order valence-corrected chi connectivity index (χ3v) is 9.02. The van der Waals surface area contributed by atoms with Crippen molar-refractivity contribution in [3.05, 3.63) is 0 Å². The van der Waals surface area contributed by atoms with Gasteiger partial charge >= 0.3 is 11.9 Å². The normalized spacial score (nSPS) is 30.8. The number of aliphatic hydroxyl groups excluding tert-OH is 6. The Balaban J connectivity index is 3.40. The third kappa shape index (κ3) is 9.70. The number of carbonyl (C=O) groups excluding carboxylic acids is 5. The predicted octanol–water partition coefficient (Wildman–Crippen LogP) is 0.753. The van der Waals surface area contributed by atoms with Crippen LogP contribution in [0.1, 0.15) is 101 Å². The number of hydrogen-bond donors (Lipinski definition) is 6. The first kappa shape index (κ1) is 46.7. The van der Waals surface area contributed by atoms with Gasteiger partial charge in [0.15, 0.2) is 23.6 Å². The molecule has 2 aliphatic heterocycles. The molecule has 2 aliphatic rings. The van der Waals surface area contributed by atoms with Crippen LogP contribution in [-0.2, 0) is 47.7 Å². The van der Waals surface area contributed by atoms with E-state index in [-0.39, 0.29) is 6.42 Å². The summed E-state index contributed by atoms with van der Waals surface area (Å²) in [4.78, 5) is 72.9. The molecule has 0 bridgehead atoms. The van der Waals surface area contributed by atoms with Gasteiger partial charge in [0.05, 0.1) is 13.2 Å². The highest BCUT2D eigenvalue weighted by molar-refractivity contribution is 6.14. The maximum Gasteiger partial charge on any atom is 0.307 e. The van der Waals surface area contributed by atoms with Gasteiger partial charge in [-0.1, -0.05) is 69.2 Å². The van der Waals surface area contributed by atoms with Gasteiger partial charge in [-0.2, -0.15) is 0 Å². The standard InChI is InChI=1S/C37H62O16/c1-18(2)11-25(40)35(26(41)12-19(3)4,51-28(43)14-21(7)8)37(53-34-32(47)31(46)30(45)23(16-38)49-34)36(27(42)13-20(5)6,33(48)24(17-39)50-37)52-29(44)15-22(9)10/h18-24,30-34,38-39,45-48H,11-17H2,1-10H3/t23-,24-,30-,31+,32-,33-,34-,36+,37+/m1/s1. The second kappa shape index (κ2) is 19.0. The van der Waals surface area contributed by atoms with Gasteiger partial charge in [-0.05, 0) is 29.6 Å². The van der Waals surface area contributed by atoms with Crippen molar-refractivity contribution >= 4 is 29.3 Å². The molecule has 0 amide bonds. The molecule has 0 aromatic carbocycles. The van der Waals surface area contributed by atoms with Crippen LogP contribution in [0.3, 0.4) is 0 Å². The number of ketones is 3. The van der Waals surface area contributed by atoms with E-state index in [9.17, 15) is 45.0 Å². The summed E-state index contributed by atoms with van der Waals surface area (Å²) < 4.78 is 30.3. The molecule has 2 heterocycles. The number of Topliss-reactive ketones (excluding diaryl/α,β-unsaturated/α-hetero) is 3. The van der Waals surface area contributed by atoms with Crippen LogP contribution in [-0.4, -0.2) is 133 Å². The lowest BCUT2D eigenvalue weighted by Gasteiger charge is -2.53. The van der Waals surface area contributed by atoms with Crippen LogP contribution < -0.4 is 0 Å². The minimum Gasteiger partial charge on any atom is -0.442 e. The van der Waals surface area contributed by atoms with Crippen molar-refractivity contribution in [2.75, 3.05) is 13.2 Å². The Hall–Kier alpha value is -2.41. The van der Waals surface area contributed by atoms with Gasteiger partial charge in [-0.15, -0.1) is 0 Å². The van der Waals surface area contributed by atoms with E-state index >= 15 is 9.59 Å². The second-order valence-corrected chi connectivity index (χ2v) is 16.3. The Kier molecular flexibility index (Phi) is 16.7. The largest absolute Gasteiger partial charge is 0.442 e. The molecule has 2 fully saturated rings. The first-order chi connectivity index (χ1) is 24.5. The zero-order valence-corrected chi connectivity index (χ0v) is 32.6. The van der Waals surface area contributed by atoms with Crippen molar-refractivity contribution in [1.29, 1.82) is 0 Å². The summed E-state index contributed by atoms with van der Waals surface area (Å²) in [5.41, 5.74) is -6.74. The highest BCUT2D eigenvalue weighted by Gasteiger charge is 2.85. The van der Waals surface area contributed by atoms with Crippen LogP contribution in [0.4, 0.5) is 0 Å². The van der Waals surface area contributed by atoms with E-state index < -0.39 is 158 Å². The van der Waals surface area contributed by atoms with E-state index in [4.69, 9.17) is 23.7 Å². The van der Waals surface area contributed by atoms with Crippen molar-refractivity contribution < 1.29 is 78.3 Å². The Morgan fingerprint density at radius 2 is 1.08 bits per heavy atom. The SMILES string of the molecule is CC(C)CC(=O)OC(C(=O)CC(C)C)(C(=O)CC(C)C)[C@@]1(O[C@H]2O[C@H](CO)[C@@H](O)[C@H](O)[C@H]2O)O[C@H](CO)[C@@H](O)[C@@]1(OC(=O)CC(C)C)C(=O)CC(C)C. The lowest BCUT2D eigenvalue weighted by molar-refractivity contribution is -0.411. The molecule has 0 radical (unpaired) electrons. The smallest absolute Gasteiger partial charge is 0.307 e. The quantitative estimate of drug-likeness (QED) is 0.0739. The monoisotopic (exact) mass is 762 g/mol. The van der Waals surface area contributed by atoms with Crippen LogP contribution in [0.5, 0.6) is 0 Å². The molecule has 53 heavy (non-hydrogen) atoms. The average Bonchev–Trinajstić information content (AvgIpc) is 3.26. The fraction of sp³-hybridized carbons (Fsp3) is 0.865. The Morgan fingerprint density at radius 1 is 0.623 bits per heavy atom. The van der Waals surface area contributed by atoms with Crippen molar-refractivity contribution in [1.82, 2.24) is 0 Å². The van der Waals surface area contributed by atoms with Crippen LogP contribution >= 0.6 is 0 Å². The van der Waals surface area contributed by atoms with Crippen LogP contribution in [0.25, 0.3) is 0 Å². The molecule has 0 saturated carbocycles. The van der Waals surface area contributed by atoms with Gasteiger partial charge in [0.1, 0.15) is 36.6 Å². The van der Waals surface area contributed by atoms with Gasteiger partial charge in [-0.3, -0.25) is 24.0 Å². The molecule has 0 aliphatic carbocycles. The van der Waals surface area contributed by atoms with Crippen molar-refractivity contribution in [2.24, 2.45) is 29.6 Å². The van der Waals surface area contributed by atoms with Gasteiger partial charge in [-0.25, -0.2) is 0 Å². The van der Waals surface area contributed by atoms with E-state index in [1.807, 2.05) is 0 Å². The number of carbonyl (C=O) groups is 5. The van der Waals surface area contributed by atoms with Crippen LogP contribution in [0.15, 0.2) is 0 Å². The molecule has 0 spiro atoms. The molecule has 0 aromatic heterocycles. The van der Waals surface area contributed by atoms with Crippen molar-refractivity contribution in [2.45, 2.75) is 161 Å². The first-order valence-electron chi connectivity index (χ1n) is 18.5. The molecular weight excluding hydrogens is 700 g/mol. The minimum atomic E-state index is -3.58. The zero-order valence-electron chi connectivity index (χ0n) is 32.6.